The van der Waals surface area contributed by atoms with E-state index in [0.717, 1.165) is 30.8 Å². The van der Waals surface area contributed by atoms with Gasteiger partial charge >= 0.3 is 5.97 Å². The Bertz CT molecular complexity index is 927. The van der Waals surface area contributed by atoms with Crippen molar-refractivity contribution in [3.8, 4) is 0 Å². The minimum Gasteiger partial charge on any atom is -0.481 e. The molecule has 0 aliphatic carbocycles. The van der Waals surface area contributed by atoms with Crippen LogP contribution in [0.3, 0.4) is 0 Å². The molecule has 4 heteroatoms. The van der Waals surface area contributed by atoms with Crippen LogP contribution in [0.5, 0.6) is 0 Å². The van der Waals surface area contributed by atoms with Gasteiger partial charge in [-0.25, -0.2) is 0 Å². The van der Waals surface area contributed by atoms with Gasteiger partial charge in [-0.1, -0.05) is 41.9 Å². The highest BCUT2D eigenvalue weighted by Gasteiger charge is 2.28. The molecule has 0 saturated carbocycles. The van der Waals surface area contributed by atoms with Crippen molar-refractivity contribution in [2.24, 2.45) is 0 Å². The minimum absolute atomic E-state index is 0.0842. The van der Waals surface area contributed by atoms with Gasteiger partial charge in [-0.3, -0.25) is 4.79 Å². The van der Waals surface area contributed by atoms with Gasteiger partial charge in [-0.05, 0) is 48.6 Å². The van der Waals surface area contributed by atoms with Gasteiger partial charge in [0.05, 0.1) is 6.42 Å². The van der Waals surface area contributed by atoms with Crippen molar-refractivity contribution < 1.29 is 9.90 Å². The van der Waals surface area contributed by atoms with Crippen LogP contribution < -0.4 is 0 Å². The number of aliphatic carboxylic acids is 1. The normalized spacial score (nSPS) is 16.8. The van der Waals surface area contributed by atoms with Crippen LogP contribution in [0.2, 0.25) is 5.02 Å². The van der Waals surface area contributed by atoms with Gasteiger partial charge in [0, 0.05) is 34.1 Å². The first-order valence-electron chi connectivity index (χ1n) is 8.69. The van der Waals surface area contributed by atoms with E-state index in [2.05, 4.69) is 41.0 Å². The zero-order valence-corrected chi connectivity index (χ0v) is 14.7. The Morgan fingerprint density at radius 1 is 1.16 bits per heavy atom. The lowest BCUT2D eigenvalue weighted by Gasteiger charge is -2.26. The molecule has 25 heavy (non-hydrogen) atoms. The Morgan fingerprint density at radius 2 is 1.92 bits per heavy atom. The number of carboxylic acids is 1. The molecule has 1 aromatic heterocycles. The molecule has 0 spiro atoms. The molecular formula is C21H20ClNO2. The standard InChI is InChI=1S/C21H20ClNO2/c22-16-9-7-14(8-10-16)12-18-17-5-1-2-6-19(17)23-11-3-4-15(21(18)23)13-20(24)25/h1-2,5-10,15H,3-4,11-13H2,(H,24,25). The summed E-state index contributed by atoms with van der Waals surface area (Å²) in [6.07, 6.45) is 2.97. The van der Waals surface area contributed by atoms with E-state index in [0.29, 0.717) is 0 Å². The highest BCUT2D eigenvalue weighted by Crippen LogP contribution is 2.39. The first-order valence-corrected chi connectivity index (χ1v) is 9.07. The van der Waals surface area contributed by atoms with E-state index in [1.807, 2.05) is 12.1 Å². The number of nitrogens with zero attached hydrogens (tertiary/aromatic N) is 1. The molecule has 0 saturated heterocycles. The third-order valence-corrected chi connectivity index (χ3v) is 5.41. The number of para-hydroxylation sites is 1. The topological polar surface area (TPSA) is 42.2 Å². The minimum atomic E-state index is -0.721. The smallest absolute Gasteiger partial charge is 0.304 e. The molecule has 1 aliphatic rings. The van der Waals surface area contributed by atoms with Gasteiger partial charge in [0.2, 0.25) is 0 Å². The maximum absolute atomic E-state index is 11.4. The number of aromatic nitrogens is 1. The van der Waals surface area contributed by atoms with Gasteiger partial charge in [0.15, 0.2) is 0 Å². The Hall–Kier alpha value is -2.26. The van der Waals surface area contributed by atoms with E-state index in [1.54, 1.807) is 0 Å². The van der Waals surface area contributed by atoms with Crippen molar-refractivity contribution >= 4 is 28.5 Å². The lowest BCUT2D eigenvalue weighted by molar-refractivity contribution is -0.137. The number of aryl methyl sites for hydroxylation is 1. The summed E-state index contributed by atoms with van der Waals surface area (Å²) in [5.74, 6) is -0.637. The van der Waals surface area contributed by atoms with E-state index in [1.165, 1.54) is 27.7 Å². The van der Waals surface area contributed by atoms with E-state index in [-0.39, 0.29) is 12.3 Å². The lowest BCUT2D eigenvalue weighted by atomic mass is 9.88. The highest BCUT2D eigenvalue weighted by molar-refractivity contribution is 6.30. The highest BCUT2D eigenvalue weighted by atomic mass is 35.5. The number of hydrogen-bond acceptors (Lipinski definition) is 1. The summed E-state index contributed by atoms with van der Waals surface area (Å²) in [5, 5.41) is 11.3. The predicted octanol–water partition coefficient (Wildman–Crippen LogP) is 5.24. The second kappa shape index (κ2) is 6.57. The Balaban J connectivity index is 1.86. The molecule has 1 aliphatic heterocycles. The average Bonchev–Trinajstić information content (AvgIpc) is 2.92. The van der Waals surface area contributed by atoms with E-state index < -0.39 is 5.97 Å². The van der Waals surface area contributed by atoms with Crippen LogP contribution in [0, 0.1) is 0 Å². The number of hydrogen-bond donors (Lipinski definition) is 1. The van der Waals surface area contributed by atoms with Crippen LogP contribution in [0.15, 0.2) is 48.5 Å². The average molecular weight is 354 g/mol. The van der Waals surface area contributed by atoms with E-state index >= 15 is 0 Å². The van der Waals surface area contributed by atoms with Crippen molar-refractivity contribution in [1.82, 2.24) is 4.57 Å². The van der Waals surface area contributed by atoms with Crippen LogP contribution in [0.1, 0.15) is 42.0 Å². The zero-order chi connectivity index (χ0) is 17.4. The molecule has 0 amide bonds. The summed E-state index contributed by atoms with van der Waals surface area (Å²) in [4.78, 5) is 11.4. The Kier molecular flexibility index (Phi) is 4.26. The number of carboxylic acid groups (broad SMARTS) is 1. The zero-order valence-electron chi connectivity index (χ0n) is 13.9. The number of benzene rings is 2. The molecule has 1 N–H and O–H groups in total. The maximum Gasteiger partial charge on any atom is 0.304 e. The quantitative estimate of drug-likeness (QED) is 0.697. The first kappa shape index (κ1) is 16.2. The van der Waals surface area contributed by atoms with Crippen molar-refractivity contribution in [3.63, 3.8) is 0 Å². The summed E-state index contributed by atoms with van der Waals surface area (Å²) in [5.41, 5.74) is 4.90. The molecule has 2 aromatic carbocycles. The fourth-order valence-electron chi connectivity index (χ4n) is 4.14. The molecule has 0 bridgehead atoms. The van der Waals surface area contributed by atoms with Crippen molar-refractivity contribution in [2.75, 3.05) is 0 Å². The molecule has 128 valence electrons. The van der Waals surface area contributed by atoms with Crippen LogP contribution in [-0.4, -0.2) is 15.6 Å². The lowest BCUT2D eigenvalue weighted by Crippen LogP contribution is -2.19. The van der Waals surface area contributed by atoms with Gasteiger partial charge < -0.3 is 9.67 Å². The summed E-state index contributed by atoms with van der Waals surface area (Å²) >= 11 is 6.02. The number of carbonyl (C=O) groups is 1. The first-order chi connectivity index (χ1) is 12.1. The second-order valence-electron chi connectivity index (χ2n) is 6.77. The van der Waals surface area contributed by atoms with Crippen molar-refractivity contribution in [3.05, 3.63) is 70.4 Å². The third-order valence-electron chi connectivity index (χ3n) is 5.16. The maximum atomic E-state index is 11.4. The van der Waals surface area contributed by atoms with Crippen molar-refractivity contribution in [1.29, 1.82) is 0 Å². The summed E-state index contributed by atoms with van der Waals surface area (Å²) in [7, 11) is 0. The molecular weight excluding hydrogens is 334 g/mol. The largest absolute Gasteiger partial charge is 0.481 e. The molecule has 0 fully saturated rings. The van der Waals surface area contributed by atoms with E-state index in [9.17, 15) is 9.90 Å². The van der Waals surface area contributed by atoms with Crippen LogP contribution in [0.4, 0.5) is 0 Å². The third kappa shape index (κ3) is 3.05. The molecule has 3 aromatic rings. The molecule has 0 radical (unpaired) electrons. The van der Waals surface area contributed by atoms with Gasteiger partial charge in [0.1, 0.15) is 0 Å². The number of rotatable bonds is 4. The van der Waals surface area contributed by atoms with Crippen molar-refractivity contribution in [2.45, 2.75) is 38.1 Å². The molecule has 3 nitrogen and oxygen atoms in total. The summed E-state index contributed by atoms with van der Waals surface area (Å²) in [6.45, 7) is 0.965. The van der Waals surface area contributed by atoms with E-state index in [4.69, 9.17) is 11.6 Å². The monoisotopic (exact) mass is 353 g/mol. The molecule has 1 unspecified atom stereocenters. The fraction of sp³-hybridized carbons (Fsp3) is 0.286. The number of fused-ring (bicyclic) bond motifs is 3. The molecule has 4 rings (SSSR count). The van der Waals surface area contributed by atoms with Crippen LogP contribution in [0.25, 0.3) is 10.9 Å². The van der Waals surface area contributed by atoms with Gasteiger partial charge in [0.25, 0.3) is 0 Å². The summed E-state index contributed by atoms with van der Waals surface area (Å²) < 4.78 is 2.34. The SMILES string of the molecule is O=C(O)CC1CCCn2c1c(Cc1ccc(Cl)cc1)c1ccccc12. The molecule has 2 heterocycles. The Morgan fingerprint density at radius 3 is 2.68 bits per heavy atom. The molecule has 1 atom stereocenters. The Labute approximate surface area is 151 Å². The van der Waals surface area contributed by atoms with Crippen LogP contribution in [-0.2, 0) is 17.8 Å². The number of halogens is 1. The van der Waals surface area contributed by atoms with Gasteiger partial charge in [-0.15, -0.1) is 0 Å². The van der Waals surface area contributed by atoms with Crippen LogP contribution >= 0.6 is 11.6 Å². The second-order valence-corrected chi connectivity index (χ2v) is 7.21. The summed E-state index contributed by atoms with van der Waals surface area (Å²) in [6, 6.07) is 16.4. The van der Waals surface area contributed by atoms with Gasteiger partial charge in [-0.2, -0.15) is 0 Å². The predicted molar refractivity (Wildman–Crippen MR) is 100 cm³/mol. The fourth-order valence-corrected chi connectivity index (χ4v) is 4.26.